The fourth-order valence-corrected chi connectivity index (χ4v) is 3.44. The predicted molar refractivity (Wildman–Crippen MR) is 126 cm³/mol. The van der Waals surface area contributed by atoms with Gasteiger partial charge >= 0.3 is 0 Å². The molecule has 0 unspecified atom stereocenters. The zero-order valence-corrected chi connectivity index (χ0v) is 17.1. The molecule has 0 saturated heterocycles. The second-order valence-corrected chi connectivity index (χ2v) is 7.39. The van der Waals surface area contributed by atoms with Crippen LogP contribution >= 0.6 is 0 Å². The van der Waals surface area contributed by atoms with Crippen molar-refractivity contribution < 1.29 is 0 Å². The van der Waals surface area contributed by atoms with Crippen LogP contribution in [0.5, 0.6) is 0 Å². The van der Waals surface area contributed by atoms with Gasteiger partial charge in [0.05, 0.1) is 11.0 Å². The maximum Gasteiger partial charge on any atom is 0.140 e. The fourth-order valence-electron chi connectivity index (χ4n) is 3.44. The van der Waals surface area contributed by atoms with Gasteiger partial charge in [-0.2, -0.15) is 0 Å². The average molecular weight is 409 g/mol. The molecular formula is C25H24N6. The number of fused-ring (bicyclic) bond motifs is 2. The van der Waals surface area contributed by atoms with Crippen LogP contribution < -0.4 is 5.84 Å². The fraction of sp³-hybridized carbons (Fsp3) is 0.120. The molecule has 0 amide bonds. The van der Waals surface area contributed by atoms with Crippen molar-refractivity contribution in [2.24, 2.45) is 5.84 Å². The molecule has 4 rings (SSSR count). The highest BCUT2D eigenvalue weighted by Crippen LogP contribution is 2.15. The maximum atomic E-state index is 8.26. The number of aryl methyl sites for hydroxylation is 1. The number of para-hydroxylation sites is 1. The topological polar surface area (TPSA) is 103 Å². The van der Waals surface area contributed by atoms with Crippen LogP contribution in [0.2, 0.25) is 0 Å². The number of nitrogens with zero attached hydrogens (tertiary/aromatic N) is 3. The van der Waals surface area contributed by atoms with E-state index in [1.54, 1.807) is 12.3 Å². The summed E-state index contributed by atoms with van der Waals surface area (Å²) in [4.78, 5) is 8.79. The number of aromatic nitrogens is 2. The van der Waals surface area contributed by atoms with E-state index in [9.17, 15) is 0 Å². The highest BCUT2D eigenvalue weighted by molar-refractivity contribution is 6.03. The number of hydrazine groups is 1. The Bertz CT molecular complexity index is 1280. The van der Waals surface area contributed by atoms with E-state index in [2.05, 4.69) is 22.1 Å². The van der Waals surface area contributed by atoms with Crippen molar-refractivity contribution in [1.29, 1.82) is 10.8 Å². The van der Waals surface area contributed by atoms with E-state index in [1.807, 2.05) is 60.8 Å². The Labute approximate surface area is 181 Å². The average Bonchev–Trinajstić information content (AvgIpc) is 2.81. The first-order chi connectivity index (χ1) is 15.1. The van der Waals surface area contributed by atoms with Crippen LogP contribution in [0.1, 0.15) is 17.5 Å². The lowest BCUT2D eigenvalue weighted by atomic mass is 10.1. The molecule has 6 heteroatoms. The third-order valence-electron chi connectivity index (χ3n) is 5.11. The molecule has 0 fully saturated rings. The highest BCUT2D eigenvalue weighted by atomic mass is 15.4. The van der Waals surface area contributed by atoms with Crippen LogP contribution in [0.15, 0.2) is 85.2 Å². The Morgan fingerprint density at radius 1 is 0.903 bits per heavy atom. The Hall–Kier alpha value is -3.90. The molecule has 6 nitrogen and oxygen atoms in total. The van der Waals surface area contributed by atoms with Crippen molar-refractivity contribution >= 4 is 33.5 Å². The van der Waals surface area contributed by atoms with Gasteiger partial charge in [0.1, 0.15) is 11.7 Å². The van der Waals surface area contributed by atoms with E-state index in [0.29, 0.717) is 6.42 Å². The van der Waals surface area contributed by atoms with Gasteiger partial charge < -0.3 is 0 Å². The monoisotopic (exact) mass is 408 g/mol. The van der Waals surface area contributed by atoms with Crippen LogP contribution in [-0.4, -0.2) is 26.6 Å². The minimum absolute atomic E-state index is 0.0871. The van der Waals surface area contributed by atoms with E-state index in [-0.39, 0.29) is 11.7 Å². The first-order valence-electron chi connectivity index (χ1n) is 10.1. The second-order valence-electron chi connectivity index (χ2n) is 7.39. The zero-order chi connectivity index (χ0) is 21.6. The molecule has 0 aliphatic rings. The molecule has 0 atom stereocenters. The van der Waals surface area contributed by atoms with Gasteiger partial charge in [-0.3, -0.25) is 20.8 Å². The van der Waals surface area contributed by atoms with E-state index in [0.717, 1.165) is 50.8 Å². The number of hydrogen-bond donors (Lipinski definition) is 3. The summed E-state index contributed by atoms with van der Waals surface area (Å²) in [6, 6.07) is 20.0. The van der Waals surface area contributed by atoms with Crippen LogP contribution in [0.4, 0.5) is 0 Å². The Morgan fingerprint density at radius 3 is 2.52 bits per heavy atom. The number of amidine groups is 2. The first-order valence-corrected chi connectivity index (χ1v) is 10.1. The Balaban J connectivity index is 1.31. The van der Waals surface area contributed by atoms with Crippen LogP contribution in [0.3, 0.4) is 0 Å². The summed E-state index contributed by atoms with van der Waals surface area (Å²) in [5.74, 6) is 6.24. The summed E-state index contributed by atoms with van der Waals surface area (Å²) in [5.41, 5.74) is 4.02. The molecule has 31 heavy (non-hydrogen) atoms. The summed E-state index contributed by atoms with van der Waals surface area (Å²) in [5, 5.41) is 19.7. The first kappa shape index (κ1) is 20.4. The SMILES string of the molecule is N=C(/C=C\CCc1cnc2ccccc2c1)N(N)C(=N)Cc1ccc2ncccc2c1. The molecule has 2 aromatic heterocycles. The van der Waals surface area contributed by atoms with Crippen molar-refractivity contribution in [3.05, 3.63) is 96.3 Å². The van der Waals surface area contributed by atoms with Gasteiger partial charge in [0.15, 0.2) is 0 Å². The minimum atomic E-state index is 0.0871. The zero-order valence-electron chi connectivity index (χ0n) is 17.1. The van der Waals surface area contributed by atoms with Crippen molar-refractivity contribution in [1.82, 2.24) is 15.0 Å². The van der Waals surface area contributed by atoms with Crippen molar-refractivity contribution in [2.45, 2.75) is 19.3 Å². The van der Waals surface area contributed by atoms with Gasteiger partial charge in [0, 0.05) is 29.6 Å². The van der Waals surface area contributed by atoms with E-state index in [4.69, 9.17) is 16.7 Å². The Morgan fingerprint density at radius 2 is 1.65 bits per heavy atom. The van der Waals surface area contributed by atoms with Crippen molar-refractivity contribution in [2.75, 3.05) is 0 Å². The van der Waals surface area contributed by atoms with E-state index in [1.165, 1.54) is 0 Å². The molecule has 0 aliphatic carbocycles. The number of benzene rings is 2. The summed E-state index contributed by atoms with van der Waals surface area (Å²) in [6.45, 7) is 0. The molecule has 0 bridgehead atoms. The standard InChI is InChI=1S/C25H24N6/c26-24(10-4-1-6-19-15-20-7-2-3-9-22(20)30-17-19)31(28)25(27)16-18-11-12-23-21(14-18)8-5-13-29-23/h2-5,7-15,17,26-27H,1,6,16,28H2/b10-4-,26-24?,27-25?. The molecule has 0 spiro atoms. The van der Waals surface area contributed by atoms with Crippen molar-refractivity contribution in [3.63, 3.8) is 0 Å². The molecule has 2 heterocycles. The Kier molecular flexibility index (Phi) is 6.10. The molecule has 0 aliphatic heterocycles. The summed E-state index contributed by atoms with van der Waals surface area (Å²) >= 11 is 0. The lowest BCUT2D eigenvalue weighted by molar-refractivity contribution is 0.634. The summed E-state index contributed by atoms with van der Waals surface area (Å²) < 4.78 is 0. The summed E-state index contributed by atoms with van der Waals surface area (Å²) in [6.07, 6.45) is 9.15. The third kappa shape index (κ3) is 4.99. The molecule has 0 saturated carbocycles. The smallest absolute Gasteiger partial charge is 0.140 e. The molecular weight excluding hydrogens is 384 g/mol. The number of nitrogens with two attached hydrogens (primary N) is 1. The minimum Gasteiger partial charge on any atom is -0.287 e. The van der Waals surface area contributed by atoms with Gasteiger partial charge in [0.2, 0.25) is 0 Å². The quantitative estimate of drug-likeness (QED) is 0.187. The van der Waals surface area contributed by atoms with Crippen LogP contribution in [-0.2, 0) is 12.8 Å². The maximum absolute atomic E-state index is 8.26. The number of hydrogen-bond acceptors (Lipinski definition) is 5. The third-order valence-corrected chi connectivity index (χ3v) is 5.11. The molecule has 4 N–H and O–H groups in total. The lowest BCUT2D eigenvalue weighted by Crippen LogP contribution is -2.41. The summed E-state index contributed by atoms with van der Waals surface area (Å²) in [7, 11) is 0. The number of nitrogens with one attached hydrogen (secondary N) is 2. The van der Waals surface area contributed by atoms with Crippen LogP contribution in [0.25, 0.3) is 21.8 Å². The van der Waals surface area contributed by atoms with Gasteiger partial charge in [-0.25, -0.2) is 10.9 Å². The second kappa shape index (κ2) is 9.28. The predicted octanol–water partition coefficient (Wildman–Crippen LogP) is 4.64. The van der Waals surface area contributed by atoms with E-state index >= 15 is 0 Å². The number of allylic oxidation sites excluding steroid dienone is 1. The van der Waals surface area contributed by atoms with Crippen molar-refractivity contribution in [3.8, 4) is 0 Å². The van der Waals surface area contributed by atoms with E-state index < -0.39 is 0 Å². The molecule has 4 aromatic rings. The molecule has 2 aromatic carbocycles. The molecule has 0 radical (unpaired) electrons. The normalized spacial score (nSPS) is 11.3. The molecule has 154 valence electrons. The van der Waals surface area contributed by atoms with Crippen LogP contribution in [0, 0.1) is 10.8 Å². The number of pyridine rings is 2. The van der Waals surface area contributed by atoms with Gasteiger partial charge in [0.25, 0.3) is 0 Å². The van der Waals surface area contributed by atoms with Gasteiger partial charge in [-0.15, -0.1) is 0 Å². The number of rotatable bonds is 6. The van der Waals surface area contributed by atoms with Gasteiger partial charge in [-0.05, 0) is 60.4 Å². The highest BCUT2D eigenvalue weighted by Gasteiger charge is 2.10. The largest absolute Gasteiger partial charge is 0.287 e. The lowest BCUT2D eigenvalue weighted by Gasteiger charge is -2.18. The van der Waals surface area contributed by atoms with Gasteiger partial charge in [-0.1, -0.05) is 36.4 Å².